The minimum absolute atomic E-state index is 0.0476. The van der Waals surface area contributed by atoms with E-state index in [4.69, 9.17) is 33.0 Å². The highest BCUT2D eigenvalue weighted by molar-refractivity contribution is 6.45. The minimum atomic E-state index is -0.572. The molecule has 4 aromatic rings. The molecule has 4 N–H and O–H groups in total. The van der Waals surface area contributed by atoms with E-state index >= 15 is 0 Å². The summed E-state index contributed by atoms with van der Waals surface area (Å²) in [6, 6.07) is 13.0. The third-order valence-electron chi connectivity index (χ3n) is 6.51. The number of amides is 3. The highest BCUT2D eigenvalue weighted by Gasteiger charge is 2.22. The lowest BCUT2D eigenvalue weighted by atomic mass is 9.92. The second-order valence-electron chi connectivity index (χ2n) is 11.5. The van der Waals surface area contributed by atoms with Crippen LogP contribution in [0.15, 0.2) is 54.9 Å². The van der Waals surface area contributed by atoms with Crippen LogP contribution < -0.4 is 20.7 Å². The quantitative estimate of drug-likeness (QED) is 0.144. The summed E-state index contributed by atoms with van der Waals surface area (Å²) >= 11 is 13.0. The molecule has 12 nitrogen and oxygen atoms in total. The zero-order chi connectivity index (χ0) is 32.7. The first-order valence-electron chi connectivity index (χ1n) is 14.1. The highest BCUT2D eigenvalue weighted by Crippen LogP contribution is 2.39. The lowest BCUT2D eigenvalue weighted by Gasteiger charge is -2.14. The Morgan fingerprint density at radius 1 is 0.978 bits per heavy atom. The standard InChI is InChI=1S/C31H36Cl2N8O4/c1-31(2,3)23-15-25(41(39-23)20-10-8-19(17-42)9-11-20)38-30(44)36-21-12-13-22(29(33)28(21)32)45-27-16-24(34-18-35-27)37-26(43)7-6-14-40(4)5/h8-13,15-16,18,42H,6-7,14,17H2,1-5H3,(H2,36,38,44)(H,34,35,37,43). The van der Waals surface area contributed by atoms with Crippen LogP contribution in [-0.2, 0) is 16.8 Å². The molecule has 2 aromatic carbocycles. The molecule has 238 valence electrons. The van der Waals surface area contributed by atoms with Crippen LogP contribution in [0.1, 0.15) is 44.9 Å². The molecule has 0 aliphatic heterocycles. The van der Waals surface area contributed by atoms with Gasteiger partial charge in [-0.2, -0.15) is 5.10 Å². The number of hydrogen-bond donors (Lipinski definition) is 4. The molecule has 14 heteroatoms. The maximum absolute atomic E-state index is 13.1. The predicted octanol–water partition coefficient (Wildman–Crippen LogP) is 6.48. The number of ether oxygens (including phenoxy) is 1. The number of carbonyl (C=O) groups is 2. The number of aliphatic hydroxyl groups excluding tert-OH is 1. The van der Waals surface area contributed by atoms with Crippen molar-refractivity contribution in [2.45, 2.75) is 45.6 Å². The van der Waals surface area contributed by atoms with E-state index in [1.807, 2.05) is 51.9 Å². The van der Waals surface area contributed by atoms with Crippen molar-refractivity contribution in [1.82, 2.24) is 24.6 Å². The second kappa shape index (κ2) is 14.7. The molecule has 3 amide bonds. The smallest absolute Gasteiger partial charge is 0.324 e. The molecule has 0 unspecified atom stereocenters. The Bertz CT molecular complexity index is 1650. The maximum atomic E-state index is 13.1. The lowest BCUT2D eigenvalue weighted by molar-refractivity contribution is -0.116. The van der Waals surface area contributed by atoms with E-state index in [1.165, 1.54) is 18.5 Å². The Hall–Kier alpha value is -4.23. The summed E-state index contributed by atoms with van der Waals surface area (Å²) in [7, 11) is 3.89. The zero-order valence-corrected chi connectivity index (χ0v) is 27.2. The number of nitrogens with one attached hydrogen (secondary N) is 3. The van der Waals surface area contributed by atoms with Gasteiger partial charge >= 0.3 is 6.03 Å². The van der Waals surface area contributed by atoms with Crippen LogP contribution >= 0.6 is 23.2 Å². The van der Waals surface area contributed by atoms with E-state index in [-0.39, 0.29) is 51.1 Å². The van der Waals surface area contributed by atoms with E-state index in [1.54, 1.807) is 28.9 Å². The number of nitrogens with zero attached hydrogens (tertiary/aromatic N) is 5. The van der Waals surface area contributed by atoms with Gasteiger partial charge in [0.2, 0.25) is 11.8 Å². The van der Waals surface area contributed by atoms with Crippen molar-refractivity contribution in [2.24, 2.45) is 0 Å². The average molecular weight is 656 g/mol. The monoisotopic (exact) mass is 654 g/mol. The molecular weight excluding hydrogens is 619 g/mol. The van der Waals surface area contributed by atoms with Gasteiger partial charge in [0.05, 0.1) is 28.7 Å². The molecule has 0 saturated carbocycles. The topological polar surface area (TPSA) is 147 Å². The largest absolute Gasteiger partial charge is 0.437 e. The fourth-order valence-corrected chi connectivity index (χ4v) is 4.50. The van der Waals surface area contributed by atoms with Gasteiger partial charge in [0.15, 0.2) is 0 Å². The number of benzene rings is 2. The van der Waals surface area contributed by atoms with Gasteiger partial charge in [-0.15, -0.1) is 0 Å². The average Bonchev–Trinajstić information content (AvgIpc) is 3.41. The first-order chi connectivity index (χ1) is 21.3. The van der Waals surface area contributed by atoms with Gasteiger partial charge in [-0.05, 0) is 56.9 Å². The van der Waals surface area contributed by atoms with E-state index in [9.17, 15) is 14.7 Å². The Labute approximate surface area is 271 Å². The van der Waals surface area contributed by atoms with Crippen molar-refractivity contribution in [2.75, 3.05) is 36.6 Å². The van der Waals surface area contributed by atoms with Gasteiger partial charge in [-0.25, -0.2) is 19.4 Å². The summed E-state index contributed by atoms with van der Waals surface area (Å²) < 4.78 is 7.44. The fraction of sp³-hybridized carbons (Fsp3) is 0.323. The van der Waals surface area contributed by atoms with Gasteiger partial charge in [0, 0.05) is 24.0 Å². The maximum Gasteiger partial charge on any atom is 0.324 e. The SMILES string of the molecule is CN(C)CCCC(=O)Nc1cc(Oc2ccc(NC(=O)Nc3cc(C(C)(C)C)nn3-c3ccc(CO)cc3)c(Cl)c2Cl)ncn1. The molecule has 4 rings (SSSR count). The summed E-state index contributed by atoms with van der Waals surface area (Å²) in [5.74, 6) is 0.869. The Morgan fingerprint density at radius 3 is 2.38 bits per heavy atom. The molecule has 0 radical (unpaired) electrons. The normalized spacial score (nSPS) is 11.4. The fourth-order valence-electron chi connectivity index (χ4n) is 4.09. The van der Waals surface area contributed by atoms with E-state index in [0.717, 1.165) is 17.8 Å². The van der Waals surface area contributed by atoms with Crippen LogP contribution in [0.2, 0.25) is 10.0 Å². The summed E-state index contributed by atoms with van der Waals surface area (Å²) in [6.07, 6.45) is 2.32. The lowest BCUT2D eigenvalue weighted by Crippen LogP contribution is -2.21. The van der Waals surface area contributed by atoms with Gasteiger partial charge in [0.25, 0.3) is 0 Å². The van der Waals surface area contributed by atoms with Crippen molar-refractivity contribution >= 4 is 52.5 Å². The molecule has 0 aliphatic rings. The van der Waals surface area contributed by atoms with Crippen molar-refractivity contribution in [1.29, 1.82) is 0 Å². The summed E-state index contributed by atoms with van der Waals surface area (Å²) in [5.41, 5.74) is 2.19. The second-order valence-corrected chi connectivity index (χ2v) is 12.3. The summed E-state index contributed by atoms with van der Waals surface area (Å²) in [6.45, 7) is 6.78. The number of hydrogen-bond acceptors (Lipinski definition) is 8. The molecule has 0 aliphatic carbocycles. The molecular formula is C31H36Cl2N8O4. The molecule has 0 atom stereocenters. The van der Waals surface area contributed by atoms with Crippen LogP contribution in [0.25, 0.3) is 5.69 Å². The third-order valence-corrected chi connectivity index (χ3v) is 7.38. The Kier molecular flexibility index (Phi) is 11.0. The minimum Gasteiger partial charge on any atom is -0.437 e. The molecule has 0 bridgehead atoms. The summed E-state index contributed by atoms with van der Waals surface area (Å²) in [5, 5.41) is 22.5. The first kappa shape index (κ1) is 33.7. The zero-order valence-electron chi connectivity index (χ0n) is 25.7. The molecule has 0 spiro atoms. The van der Waals surface area contributed by atoms with E-state index < -0.39 is 6.03 Å². The number of halogens is 2. The van der Waals surface area contributed by atoms with Crippen LogP contribution in [-0.4, -0.2) is 62.3 Å². The number of aromatic nitrogens is 4. The van der Waals surface area contributed by atoms with Crippen molar-refractivity contribution in [3.63, 3.8) is 0 Å². The Morgan fingerprint density at radius 2 is 1.71 bits per heavy atom. The first-order valence-corrected chi connectivity index (χ1v) is 14.9. The van der Waals surface area contributed by atoms with Crippen LogP contribution in [0.3, 0.4) is 0 Å². The van der Waals surface area contributed by atoms with E-state index in [0.29, 0.717) is 24.3 Å². The van der Waals surface area contributed by atoms with Crippen molar-refractivity contribution < 1.29 is 19.4 Å². The molecule has 2 heterocycles. The van der Waals surface area contributed by atoms with Gasteiger partial charge in [-0.1, -0.05) is 56.1 Å². The number of aliphatic hydroxyl groups is 1. The molecule has 0 fully saturated rings. The molecule has 45 heavy (non-hydrogen) atoms. The van der Waals surface area contributed by atoms with Crippen LogP contribution in [0.5, 0.6) is 11.6 Å². The highest BCUT2D eigenvalue weighted by atomic mass is 35.5. The predicted molar refractivity (Wildman–Crippen MR) is 176 cm³/mol. The van der Waals surface area contributed by atoms with E-state index in [2.05, 4.69) is 25.9 Å². The number of urea groups is 1. The number of anilines is 3. The van der Waals surface area contributed by atoms with Crippen molar-refractivity contribution in [3.8, 4) is 17.3 Å². The Balaban J connectivity index is 1.45. The van der Waals surface area contributed by atoms with Gasteiger partial charge in [0.1, 0.15) is 28.7 Å². The number of rotatable bonds is 11. The number of carbonyl (C=O) groups excluding carboxylic acids is 2. The molecule has 0 saturated heterocycles. The van der Waals surface area contributed by atoms with Gasteiger partial charge < -0.3 is 25.4 Å². The van der Waals surface area contributed by atoms with Gasteiger partial charge in [-0.3, -0.25) is 10.1 Å². The van der Waals surface area contributed by atoms with Crippen molar-refractivity contribution in [3.05, 3.63) is 76.2 Å². The van der Waals surface area contributed by atoms with Crippen LogP contribution in [0.4, 0.5) is 22.1 Å². The van der Waals surface area contributed by atoms with Crippen LogP contribution in [0, 0.1) is 0 Å². The third kappa shape index (κ3) is 9.14. The summed E-state index contributed by atoms with van der Waals surface area (Å²) in [4.78, 5) is 35.5. The molecule has 2 aromatic heterocycles.